The second-order valence-corrected chi connectivity index (χ2v) is 13.8. The van der Waals surface area contributed by atoms with Crippen LogP contribution >= 0.6 is 11.6 Å². The Kier molecular flexibility index (Phi) is 12.4. The van der Waals surface area contributed by atoms with Crippen molar-refractivity contribution in [3.8, 4) is 16.9 Å². The highest BCUT2D eigenvalue weighted by atomic mass is 35.5. The number of carbonyl (C=O) groups excluding carboxylic acids is 2. The first-order chi connectivity index (χ1) is 25.3. The Morgan fingerprint density at radius 3 is 2.40 bits per heavy atom. The summed E-state index contributed by atoms with van der Waals surface area (Å²) in [6.07, 6.45) is 13.2. The number of hydrogen-bond donors (Lipinski definition) is 1. The van der Waals surface area contributed by atoms with Gasteiger partial charge in [0.2, 0.25) is 5.95 Å². The molecule has 2 aliphatic rings. The Hall–Kier alpha value is -4.90. The third-order valence-corrected chi connectivity index (χ3v) is 9.84. The lowest BCUT2D eigenvalue weighted by molar-refractivity contribution is -0.104. The first-order valence-corrected chi connectivity index (χ1v) is 18.1. The number of benzene rings is 3. The predicted molar refractivity (Wildman–Crippen MR) is 205 cm³/mol. The number of halogens is 2. The normalized spacial score (nSPS) is 15.7. The molecule has 1 saturated heterocycles. The maximum Gasteiger partial charge on any atom is 0.229 e. The van der Waals surface area contributed by atoms with Gasteiger partial charge in [0.15, 0.2) is 5.78 Å². The molecular weight excluding hydrogens is 679 g/mol. The van der Waals surface area contributed by atoms with E-state index >= 15 is 0 Å². The molecular formula is C41H44ClFN6O3. The van der Waals surface area contributed by atoms with E-state index in [9.17, 15) is 14.0 Å². The van der Waals surface area contributed by atoms with Crippen LogP contribution in [0.4, 0.5) is 16.0 Å². The Morgan fingerprint density at radius 1 is 1.00 bits per heavy atom. The Bertz CT molecular complexity index is 1980. The minimum atomic E-state index is -0.398. The van der Waals surface area contributed by atoms with E-state index in [2.05, 4.69) is 62.2 Å². The predicted octanol–water partition coefficient (Wildman–Crippen LogP) is 8.52. The summed E-state index contributed by atoms with van der Waals surface area (Å²) in [4.78, 5) is 35.7. The number of likely N-dealkylation sites (N-methyl/N-ethyl adjacent to an activating group) is 1. The van der Waals surface area contributed by atoms with E-state index in [1.807, 2.05) is 6.20 Å². The van der Waals surface area contributed by atoms with Gasteiger partial charge in [0.05, 0.1) is 7.11 Å². The lowest BCUT2D eigenvalue weighted by atomic mass is 9.95. The van der Waals surface area contributed by atoms with E-state index in [0.717, 1.165) is 62.2 Å². The molecule has 11 heteroatoms. The molecule has 1 N–H and O–H groups in total. The van der Waals surface area contributed by atoms with E-state index in [4.69, 9.17) is 21.3 Å². The van der Waals surface area contributed by atoms with Gasteiger partial charge in [-0.15, -0.1) is 0 Å². The number of allylic oxidation sites excluding steroid dienone is 2. The van der Waals surface area contributed by atoms with Crippen molar-refractivity contribution in [2.24, 2.45) is 0 Å². The van der Waals surface area contributed by atoms with Gasteiger partial charge in [0.25, 0.3) is 0 Å². The van der Waals surface area contributed by atoms with Gasteiger partial charge in [0, 0.05) is 78.4 Å². The molecule has 7 rings (SSSR count). The summed E-state index contributed by atoms with van der Waals surface area (Å²) < 4.78 is 21.2. The number of anilines is 2. The molecule has 0 bridgehead atoms. The topological polar surface area (TPSA) is 92.6 Å². The summed E-state index contributed by atoms with van der Waals surface area (Å²) in [5, 5.41) is 4.50. The van der Waals surface area contributed by atoms with Gasteiger partial charge in [-0.1, -0.05) is 55.1 Å². The second-order valence-electron chi connectivity index (χ2n) is 13.3. The largest absolute Gasteiger partial charge is 0.497 e. The smallest absolute Gasteiger partial charge is 0.229 e. The molecule has 1 saturated carbocycles. The van der Waals surface area contributed by atoms with Gasteiger partial charge < -0.3 is 19.5 Å². The minimum absolute atomic E-state index is 0.195. The Balaban J connectivity index is 0.000000280. The zero-order valence-corrected chi connectivity index (χ0v) is 30.4. The number of ketones is 1. The van der Waals surface area contributed by atoms with E-state index in [0.29, 0.717) is 40.3 Å². The number of ether oxygens (including phenoxy) is 1. The monoisotopic (exact) mass is 722 g/mol. The van der Waals surface area contributed by atoms with Gasteiger partial charge in [-0.25, -0.2) is 9.37 Å². The van der Waals surface area contributed by atoms with Crippen LogP contribution in [-0.4, -0.2) is 76.7 Å². The Morgan fingerprint density at radius 2 is 1.73 bits per heavy atom. The van der Waals surface area contributed by atoms with Gasteiger partial charge in [0.1, 0.15) is 23.5 Å². The molecule has 3 heterocycles. The van der Waals surface area contributed by atoms with E-state index in [-0.39, 0.29) is 5.78 Å². The van der Waals surface area contributed by atoms with Crippen LogP contribution in [0.2, 0.25) is 5.02 Å². The number of carbonyl (C=O) groups is 2. The van der Waals surface area contributed by atoms with E-state index < -0.39 is 5.82 Å². The Labute approximate surface area is 309 Å². The van der Waals surface area contributed by atoms with Crippen LogP contribution in [0.25, 0.3) is 22.2 Å². The molecule has 0 radical (unpaired) electrons. The summed E-state index contributed by atoms with van der Waals surface area (Å²) in [6, 6.07) is 20.4. The third kappa shape index (κ3) is 9.50. The van der Waals surface area contributed by atoms with Gasteiger partial charge in [-0.05, 0) is 85.6 Å². The van der Waals surface area contributed by atoms with Crippen LogP contribution in [0.3, 0.4) is 0 Å². The molecule has 0 spiro atoms. The molecule has 1 aliphatic heterocycles. The first-order valence-electron chi connectivity index (χ1n) is 17.7. The summed E-state index contributed by atoms with van der Waals surface area (Å²) in [5.41, 5.74) is 5.63. The van der Waals surface area contributed by atoms with Gasteiger partial charge in [-0.2, -0.15) is 4.98 Å². The quantitative estimate of drug-likeness (QED) is 0.0872. The summed E-state index contributed by atoms with van der Waals surface area (Å²) in [6.45, 7) is 5.47. The van der Waals surface area contributed by atoms with Crippen molar-refractivity contribution < 1.29 is 18.7 Å². The highest BCUT2D eigenvalue weighted by Gasteiger charge is 2.22. The lowest BCUT2D eigenvalue weighted by Gasteiger charge is -2.32. The number of rotatable bonds is 10. The maximum absolute atomic E-state index is 13.9. The zero-order valence-electron chi connectivity index (χ0n) is 29.6. The second kappa shape index (κ2) is 17.5. The number of hydrogen-bond acceptors (Lipinski definition) is 8. The average Bonchev–Trinajstić information content (AvgIpc) is 3.54. The van der Waals surface area contributed by atoms with Crippen LogP contribution in [0.1, 0.15) is 54.1 Å². The number of nitrogens with one attached hydrogen (secondary N) is 1. The fourth-order valence-electron chi connectivity index (χ4n) is 6.74. The number of piperazine rings is 1. The summed E-state index contributed by atoms with van der Waals surface area (Å²) in [7, 11) is 3.75. The third-order valence-electron chi connectivity index (χ3n) is 9.63. The van der Waals surface area contributed by atoms with Crippen LogP contribution in [-0.2, 0) is 11.3 Å². The molecule has 52 heavy (non-hydrogen) atoms. The molecule has 0 amide bonds. The molecule has 1 aliphatic carbocycles. The molecule has 270 valence electrons. The van der Waals surface area contributed by atoms with Crippen LogP contribution in [0.15, 0.2) is 91.3 Å². The maximum atomic E-state index is 13.9. The van der Waals surface area contributed by atoms with Crippen molar-refractivity contribution in [3.63, 3.8) is 0 Å². The number of methoxy groups -OCH3 is 1. The van der Waals surface area contributed by atoms with Gasteiger partial charge in [-0.3, -0.25) is 14.5 Å². The highest BCUT2D eigenvalue weighted by molar-refractivity contribution is 6.30. The SMILES string of the molecule is CN1CCN(Cc2ccc(-c3cn(C4CCCCC4)c4nc(Nc5cc(F)cc(Cl)c5)ncc34)cc2)CC1.COc1ccc(C(=O)/C=C/C=O)cc1. The number of fused-ring (bicyclic) bond motifs is 1. The van der Waals surface area contributed by atoms with Crippen LogP contribution in [0, 0.1) is 5.82 Å². The van der Waals surface area contributed by atoms with Crippen molar-refractivity contribution in [1.82, 2.24) is 24.3 Å². The average molecular weight is 723 g/mol. The first kappa shape index (κ1) is 36.9. The molecule has 2 aromatic heterocycles. The molecule has 9 nitrogen and oxygen atoms in total. The fraction of sp³-hybridized carbons (Fsp3) is 0.317. The lowest BCUT2D eigenvalue weighted by Crippen LogP contribution is -2.43. The van der Waals surface area contributed by atoms with Gasteiger partial charge >= 0.3 is 0 Å². The molecule has 2 fully saturated rings. The van der Waals surface area contributed by atoms with E-state index in [1.54, 1.807) is 37.4 Å². The highest BCUT2D eigenvalue weighted by Crippen LogP contribution is 2.37. The van der Waals surface area contributed by atoms with Crippen molar-refractivity contribution in [2.75, 3.05) is 45.7 Å². The summed E-state index contributed by atoms with van der Waals surface area (Å²) >= 11 is 6.05. The van der Waals surface area contributed by atoms with Crippen molar-refractivity contribution in [3.05, 3.63) is 113 Å². The van der Waals surface area contributed by atoms with Crippen molar-refractivity contribution in [1.29, 1.82) is 0 Å². The standard InChI is InChI=1S/C30H34ClFN6.C11H10O3/c1-36-11-13-37(14-12-36)19-21-7-9-22(10-8-21)28-20-38(26-5-3-2-4-6-26)29-27(28)18-33-30(35-29)34-25-16-23(31)15-24(32)17-25;1-14-10-6-4-9(5-7-10)11(13)3-2-8-12/h7-10,15-18,20,26H,2-6,11-14,19H2,1H3,(H,33,34,35);2-8H,1H3/b;3-2+. The zero-order chi connectivity index (χ0) is 36.5. The summed E-state index contributed by atoms with van der Waals surface area (Å²) in [5.74, 6) is 0.536. The van der Waals surface area contributed by atoms with E-state index in [1.165, 1.54) is 54.7 Å². The fourth-order valence-corrected chi connectivity index (χ4v) is 6.97. The van der Waals surface area contributed by atoms with Crippen molar-refractivity contribution >= 4 is 46.3 Å². The van der Waals surface area contributed by atoms with Crippen molar-refractivity contribution in [2.45, 2.75) is 44.7 Å². The minimum Gasteiger partial charge on any atom is -0.497 e. The number of aromatic nitrogens is 3. The van der Waals surface area contributed by atoms with Crippen LogP contribution < -0.4 is 10.1 Å². The molecule has 3 aromatic carbocycles. The molecule has 5 aromatic rings. The number of nitrogens with zero attached hydrogens (tertiary/aromatic N) is 5. The number of aldehydes is 1. The molecule has 0 unspecified atom stereocenters. The van der Waals surface area contributed by atoms with Crippen LogP contribution in [0.5, 0.6) is 5.75 Å². The molecule has 0 atom stereocenters.